The van der Waals surface area contributed by atoms with Crippen molar-refractivity contribution in [3.05, 3.63) is 42.0 Å². The average molecular weight is 323 g/mol. The molecule has 0 amide bonds. The second kappa shape index (κ2) is 6.76. The maximum Gasteiger partial charge on any atom is 0.306 e. The van der Waals surface area contributed by atoms with Crippen LogP contribution in [0.5, 0.6) is 0 Å². The summed E-state index contributed by atoms with van der Waals surface area (Å²) in [7, 11) is 0. The normalized spacial score (nSPS) is 11.5. The lowest BCUT2D eigenvalue weighted by molar-refractivity contribution is -0.143. The van der Waals surface area contributed by atoms with Gasteiger partial charge in [-0.1, -0.05) is 6.07 Å². The largest absolute Gasteiger partial charge is 0.466 e. The van der Waals surface area contributed by atoms with Gasteiger partial charge in [-0.05, 0) is 19.1 Å². The fourth-order valence-corrected chi connectivity index (χ4v) is 2.23. The van der Waals surface area contributed by atoms with Crippen LogP contribution in [0.2, 0.25) is 0 Å². The van der Waals surface area contributed by atoms with Crippen molar-refractivity contribution in [3.63, 3.8) is 0 Å². The zero-order valence-corrected chi connectivity index (χ0v) is 13.1. The Kier molecular flexibility index (Phi) is 4.98. The summed E-state index contributed by atoms with van der Waals surface area (Å²) in [6, 6.07) is 4.11. The van der Waals surface area contributed by atoms with Crippen LogP contribution in [0, 0.1) is 0 Å². The van der Waals surface area contributed by atoms with E-state index in [1.54, 1.807) is 23.9 Å². The topological polar surface area (TPSA) is 70.1 Å². The molecule has 0 aliphatic heterocycles. The van der Waals surface area contributed by atoms with Crippen LogP contribution in [0.1, 0.15) is 31.7 Å². The predicted molar refractivity (Wildman–Crippen MR) is 82.5 cm³/mol. The number of alkyl halides is 2. The molecule has 1 aromatic heterocycles. The molecule has 2 aromatic rings. The molecule has 1 aromatic carbocycles. The molecule has 124 valence electrons. The Labute approximate surface area is 133 Å². The number of carbonyl (C=O) groups excluding carboxylic acids is 1. The number of anilines is 1. The third-order valence-corrected chi connectivity index (χ3v) is 3.37. The molecule has 0 bridgehead atoms. The van der Waals surface area contributed by atoms with Crippen LogP contribution in [-0.2, 0) is 21.9 Å². The number of esters is 1. The average Bonchev–Trinajstić information content (AvgIpc) is 2.92. The number of imidazole rings is 1. The quantitative estimate of drug-likeness (QED) is 0.655. The van der Waals surface area contributed by atoms with E-state index in [0.29, 0.717) is 24.5 Å². The smallest absolute Gasteiger partial charge is 0.306 e. The first kappa shape index (κ1) is 16.9. The number of aryl methyl sites for hydroxylation is 1. The van der Waals surface area contributed by atoms with E-state index in [1.807, 2.05) is 0 Å². The zero-order valence-electron chi connectivity index (χ0n) is 13.1. The number of benzene rings is 1. The molecule has 0 saturated heterocycles. The van der Waals surface area contributed by atoms with E-state index in [4.69, 9.17) is 10.5 Å². The van der Waals surface area contributed by atoms with Crippen LogP contribution in [-0.4, -0.2) is 22.1 Å². The minimum Gasteiger partial charge on any atom is -0.466 e. The van der Waals surface area contributed by atoms with Crippen LogP contribution in [0.3, 0.4) is 0 Å². The predicted octanol–water partition coefficient (Wildman–Crippen LogP) is 3.06. The highest BCUT2D eigenvalue weighted by Gasteiger charge is 2.25. The molecular weight excluding hydrogens is 304 g/mol. The van der Waals surface area contributed by atoms with E-state index in [0.717, 1.165) is 6.92 Å². The number of nitrogens with two attached hydrogens (primary N) is 1. The van der Waals surface area contributed by atoms with Gasteiger partial charge in [-0.25, -0.2) is 13.8 Å². The first-order chi connectivity index (χ1) is 10.8. The van der Waals surface area contributed by atoms with Crippen LogP contribution >= 0.6 is 0 Å². The summed E-state index contributed by atoms with van der Waals surface area (Å²) in [5.41, 5.74) is 6.53. The second-order valence-corrected chi connectivity index (χ2v) is 5.18. The lowest BCUT2D eigenvalue weighted by Gasteiger charge is -2.15. The molecule has 0 unspecified atom stereocenters. The summed E-state index contributed by atoms with van der Waals surface area (Å²) in [5, 5.41) is 0. The van der Waals surface area contributed by atoms with Crippen LogP contribution in [0.15, 0.2) is 30.6 Å². The van der Waals surface area contributed by atoms with Gasteiger partial charge in [0, 0.05) is 31.3 Å². The van der Waals surface area contributed by atoms with Crippen molar-refractivity contribution in [2.45, 2.75) is 32.6 Å². The zero-order chi connectivity index (χ0) is 17.0. The van der Waals surface area contributed by atoms with Gasteiger partial charge in [-0.2, -0.15) is 0 Å². The van der Waals surface area contributed by atoms with Gasteiger partial charge in [0.2, 0.25) is 0 Å². The highest BCUT2D eigenvalue weighted by atomic mass is 19.3. The third kappa shape index (κ3) is 4.06. The molecule has 0 fully saturated rings. The number of rotatable bonds is 6. The van der Waals surface area contributed by atoms with Gasteiger partial charge >= 0.3 is 5.97 Å². The molecule has 23 heavy (non-hydrogen) atoms. The Morgan fingerprint density at radius 2 is 2.17 bits per heavy atom. The minimum absolute atomic E-state index is 0.146. The fraction of sp³-hybridized carbons (Fsp3) is 0.375. The highest BCUT2D eigenvalue weighted by Crippen LogP contribution is 2.31. The highest BCUT2D eigenvalue weighted by molar-refractivity contribution is 5.69. The Morgan fingerprint density at radius 3 is 2.78 bits per heavy atom. The molecule has 0 aliphatic rings. The first-order valence-corrected chi connectivity index (χ1v) is 7.29. The van der Waals surface area contributed by atoms with Gasteiger partial charge in [-0.15, -0.1) is 0 Å². The van der Waals surface area contributed by atoms with Gasteiger partial charge in [0.1, 0.15) is 5.82 Å². The molecule has 0 saturated carbocycles. The maximum atomic E-state index is 13.3. The van der Waals surface area contributed by atoms with Crippen molar-refractivity contribution in [2.75, 3.05) is 12.3 Å². The summed E-state index contributed by atoms with van der Waals surface area (Å²) in [5.74, 6) is -2.65. The van der Waals surface area contributed by atoms with Gasteiger partial charge < -0.3 is 15.0 Å². The first-order valence-electron chi connectivity index (χ1n) is 7.29. The summed E-state index contributed by atoms with van der Waals surface area (Å²) in [4.78, 5) is 15.6. The third-order valence-electron chi connectivity index (χ3n) is 3.37. The number of hydrogen-bond acceptors (Lipinski definition) is 4. The lowest BCUT2D eigenvalue weighted by atomic mass is 10.1. The number of halogens is 2. The van der Waals surface area contributed by atoms with Crippen molar-refractivity contribution in [1.29, 1.82) is 0 Å². The Morgan fingerprint density at radius 1 is 1.43 bits per heavy atom. The number of nitrogen functional groups attached to an aromatic ring is 1. The van der Waals surface area contributed by atoms with Crippen molar-refractivity contribution in [2.24, 2.45) is 0 Å². The summed E-state index contributed by atoms with van der Waals surface area (Å²) < 4.78 is 33.3. The van der Waals surface area contributed by atoms with E-state index < -0.39 is 5.92 Å². The van der Waals surface area contributed by atoms with Crippen molar-refractivity contribution >= 4 is 11.7 Å². The molecule has 0 radical (unpaired) electrons. The molecule has 2 rings (SSSR count). The second-order valence-electron chi connectivity index (χ2n) is 5.18. The monoisotopic (exact) mass is 323 g/mol. The molecule has 7 heteroatoms. The van der Waals surface area contributed by atoms with Crippen LogP contribution < -0.4 is 5.73 Å². The van der Waals surface area contributed by atoms with Gasteiger partial charge in [0.15, 0.2) is 0 Å². The Balaban J connectivity index is 2.23. The van der Waals surface area contributed by atoms with Gasteiger partial charge in [0.05, 0.1) is 24.4 Å². The fourth-order valence-electron chi connectivity index (χ4n) is 2.23. The molecule has 0 atom stereocenters. The van der Waals surface area contributed by atoms with E-state index >= 15 is 0 Å². The number of carbonyl (C=O) groups is 1. The molecule has 0 aliphatic carbocycles. The van der Waals surface area contributed by atoms with Crippen molar-refractivity contribution in [3.8, 4) is 5.69 Å². The van der Waals surface area contributed by atoms with Crippen LogP contribution in [0.25, 0.3) is 5.69 Å². The van der Waals surface area contributed by atoms with Crippen LogP contribution in [0.4, 0.5) is 14.5 Å². The van der Waals surface area contributed by atoms with E-state index in [2.05, 4.69) is 4.98 Å². The lowest BCUT2D eigenvalue weighted by Crippen LogP contribution is -2.11. The standard InChI is InChI=1S/C16H19F2N3O2/c1-3-23-15(22)7-6-14-20-8-9-21(14)13-5-4-11(10-12(13)19)16(2,17)18/h4-5,8-10H,3,6-7,19H2,1-2H3. The molecule has 5 nitrogen and oxygen atoms in total. The Hall–Kier alpha value is -2.44. The maximum absolute atomic E-state index is 13.3. The molecule has 1 heterocycles. The molecular formula is C16H19F2N3O2. The van der Waals surface area contributed by atoms with Gasteiger partial charge in [-0.3, -0.25) is 4.79 Å². The molecule has 0 spiro atoms. The van der Waals surface area contributed by atoms with Crippen molar-refractivity contribution < 1.29 is 18.3 Å². The Bertz CT molecular complexity index is 693. The summed E-state index contributed by atoms with van der Waals surface area (Å²) >= 11 is 0. The summed E-state index contributed by atoms with van der Waals surface area (Å²) in [6.45, 7) is 2.89. The number of nitrogens with zero attached hydrogens (tertiary/aromatic N) is 2. The van der Waals surface area contributed by atoms with E-state index in [9.17, 15) is 13.6 Å². The number of hydrogen-bond donors (Lipinski definition) is 1. The van der Waals surface area contributed by atoms with E-state index in [1.165, 1.54) is 18.2 Å². The molecule has 2 N–H and O–H groups in total. The number of aromatic nitrogens is 2. The minimum atomic E-state index is -2.95. The van der Waals surface area contributed by atoms with Gasteiger partial charge in [0.25, 0.3) is 5.92 Å². The van der Waals surface area contributed by atoms with E-state index in [-0.39, 0.29) is 23.6 Å². The summed E-state index contributed by atoms with van der Waals surface area (Å²) in [6.07, 6.45) is 3.81. The number of ether oxygens (including phenoxy) is 1. The van der Waals surface area contributed by atoms with Crippen molar-refractivity contribution in [1.82, 2.24) is 9.55 Å². The SMILES string of the molecule is CCOC(=O)CCc1nccn1-c1ccc(C(C)(F)F)cc1N.